The highest BCUT2D eigenvalue weighted by atomic mass is 35.5. The molecule has 2 aromatic heterocycles. The van der Waals surface area contributed by atoms with Crippen LogP contribution in [0.25, 0.3) is 5.69 Å². The van der Waals surface area contributed by atoms with Gasteiger partial charge in [0.15, 0.2) is 0 Å². The first kappa shape index (κ1) is 27.8. The van der Waals surface area contributed by atoms with Crippen LogP contribution in [0.1, 0.15) is 16.1 Å². The van der Waals surface area contributed by atoms with Crippen LogP contribution in [-0.4, -0.2) is 66.1 Å². The van der Waals surface area contributed by atoms with Crippen LogP contribution >= 0.6 is 22.9 Å². The molecule has 38 heavy (non-hydrogen) atoms. The van der Waals surface area contributed by atoms with E-state index in [0.717, 1.165) is 17.4 Å². The van der Waals surface area contributed by atoms with Gasteiger partial charge in [0.2, 0.25) is 5.91 Å². The number of pyridine rings is 1. The van der Waals surface area contributed by atoms with Crippen LogP contribution in [0.2, 0.25) is 4.34 Å². The molecule has 202 valence electrons. The van der Waals surface area contributed by atoms with E-state index >= 15 is 0 Å². The summed E-state index contributed by atoms with van der Waals surface area (Å²) in [7, 11) is 0. The van der Waals surface area contributed by atoms with Crippen LogP contribution in [0.5, 0.6) is 0 Å². The van der Waals surface area contributed by atoms with E-state index in [2.05, 4.69) is 10.6 Å². The van der Waals surface area contributed by atoms with Crippen LogP contribution in [-0.2, 0) is 9.53 Å². The van der Waals surface area contributed by atoms with Crippen LogP contribution < -0.4 is 16.2 Å². The summed E-state index contributed by atoms with van der Waals surface area (Å²) < 4.78 is 46.7. The smallest absolute Gasteiger partial charge is 0.261 e. The van der Waals surface area contributed by atoms with E-state index in [1.54, 1.807) is 29.2 Å². The number of anilines is 1. The molecule has 1 aromatic carbocycles. The minimum absolute atomic E-state index is 0.0658. The number of benzene rings is 1. The molecular weight excluding hydrogens is 545 g/mol. The second-order valence-corrected chi connectivity index (χ2v) is 10.4. The van der Waals surface area contributed by atoms with E-state index in [9.17, 15) is 27.6 Å². The van der Waals surface area contributed by atoms with E-state index in [-0.39, 0.29) is 42.9 Å². The number of amides is 2. The summed E-state index contributed by atoms with van der Waals surface area (Å²) in [6.07, 6.45) is -0.762. The third kappa shape index (κ3) is 7.22. The van der Waals surface area contributed by atoms with Crippen LogP contribution in [0.4, 0.5) is 18.9 Å². The molecule has 2 atom stereocenters. The van der Waals surface area contributed by atoms with Gasteiger partial charge in [0, 0.05) is 37.0 Å². The maximum absolute atomic E-state index is 14.7. The van der Waals surface area contributed by atoms with Gasteiger partial charge in [-0.15, -0.1) is 11.3 Å². The molecule has 0 bridgehead atoms. The first-order valence-corrected chi connectivity index (χ1v) is 12.8. The fourth-order valence-corrected chi connectivity index (χ4v) is 5.16. The molecule has 0 saturated carbocycles. The zero-order valence-corrected chi connectivity index (χ0v) is 21.5. The van der Waals surface area contributed by atoms with Crippen molar-refractivity contribution in [2.75, 3.05) is 31.6 Å². The molecule has 3 heterocycles. The Labute approximate surface area is 225 Å². The number of ether oxygens (including phenoxy) is 1. The van der Waals surface area contributed by atoms with E-state index in [0.29, 0.717) is 21.3 Å². The van der Waals surface area contributed by atoms with Gasteiger partial charge in [0.1, 0.15) is 12.4 Å². The number of nitrogens with zero attached hydrogens (tertiary/aromatic N) is 2. The maximum Gasteiger partial charge on any atom is 0.261 e. The molecule has 0 radical (unpaired) electrons. The number of likely N-dealkylation sites (tertiary alicyclic amines) is 1. The molecule has 0 spiro atoms. The highest BCUT2D eigenvalue weighted by Gasteiger charge is 2.34. The minimum atomic E-state index is -2.63. The summed E-state index contributed by atoms with van der Waals surface area (Å²) in [6.45, 7) is -0.731. The lowest BCUT2D eigenvalue weighted by Crippen LogP contribution is -2.41. The Hall–Kier alpha value is -3.19. The standard InChI is InChI=1S/C25H24ClF3N4O4S/c26-21-7-6-20(38-21)25(36)30-15-9-17(13-37-14-22(28)29)32(11-15)12-23(34)31-19-5-4-16(10-18(19)27)33-8-2-1-3-24(33)35/h1-8,10,15,17,22H,9,11-14H2,(H,30,36)(H,31,34)/t15-,17+/m1/s1. The monoisotopic (exact) mass is 568 g/mol. The highest BCUT2D eigenvalue weighted by molar-refractivity contribution is 7.18. The quantitative estimate of drug-likeness (QED) is 0.388. The van der Waals surface area contributed by atoms with Gasteiger partial charge in [-0.05, 0) is 36.8 Å². The SMILES string of the molecule is O=C(CN1C[C@H](NC(=O)c2ccc(Cl)s2)C[C@H]1COCC(F)F)Nc1ccc(-n2ccccc2=O)cc1F. The number of halogens is 4. The Morgan fingerprint density at radius 1 is 1.18 bits per heavy atom. The molecule has 8 nitrogen and oxygen atoms in total. The Morgan fingerprint density at radius 2 is 2.00 bits per heavy atom. The molecule has 0 unspecified atom stereocenters. The molecule has 1 saturated heterocycles. The predicted octanol–water partition coefficient (Wildman–Crippen LogP) is 3.78. The first-order chi connectivity index (χ1) is 18.2. The Bertz CT molecular complexity index is 1350. The number of hydrogen-bond donors (Lipinski definition) is 2. The van der Waals surface area contributed by atoms with E-state index in [1.165, 1.54) is 29.0 Å². The summed E-state index contributed by atoms with van der Waals surface area (Å²) in [5, 5.41) is 5.38. The Morgan fingerprint density at radius 3 is 2.68 bits per heavy atom. The molecule has 2 amide bonds. The lowest BCUT2D eigenvalue weighted by atomic mass is 10.2. The average Bonchev–Trinajstić information content (AvgIpc) is 3.46. The Kier molecular flexibility index (Phi) is 9.21. The van der Waals surface area contributed by atoms with Crippen molar-refractivity contribution in [1.82, 2.24) is 14.8 Å². The third-order valence-corrected chi connectivity index (χ3v) is 7.12. The van der Waals surface area contributed by atoms with Crippen molar-refractivity contribution >= 4 is 40.4 Å². The van der Waals surface area contributed by atoms with Gasteiger partial charge in [-0.1, -0.05) is 17.7 Å². The van der Waals surface area contributed by atoms with Crippen molar-refractivity contribution in [1.29, 1.82) is 0 Å². The van der Waals surface area contributed by atoms with Crippen LogP contribution in [0, 0.1) is 5.82 Å². The minimum Gasteiger partial charge on any atom is -0.374 e. The van der Waals surface area contributed by atoms with Gasteiger partial charge in [-0.25, -0.2) is 13.2 Å². The van der Waals surface area contributed by atoms with Gasteiger partial charge >= 0.3 is 0 Å². The number of carbonyl (C=O) groups is 2. The van der Waals surface area contributed by atoms with Gasteiger partial charge in [0.25, 0.3) is 17.9 Å². The number of aromatic nitrogens is 1. The third-order valence-electron chi connectivity index (χ3n) is 5.89. The van der Waals surface area contributed by atoms with Crippen molar-refractivity contribution in [3.05, 3.63) is 80.1 Å². The fraction of sp³-hybridized carbons (Fsp3) is 0.320. The number of alkyl halides is 2. The second kappa shape index (κ2) is 12.6. The van der Waals surface area contributed by atoms with E-state index in [4.69, 9.17) is 16.3 Å². The summed E-state index contributed by atoms with van der Waals surface area (Å²) in [5.41, 5.74) is -0.110. The number of rotatable bonds is 10. The zero-order valence-electron chi connectivity index (χ0n) is 19.9. The molecule has 4 rings (SSSR count). The molecular formula is C25H24ClF3N4O4S. The second-order valence-electron chi connectivity index (χ2n) is 8.64. The Balaban J connectivity index is 1.40. The lowest BCUT2D eigenvalue weighted by Gasteiger charge is -2.23. The number of carbonyl (C=O) groups excluding carboxylic acids is 2. The maximum atomic E-state index is 14.7. The lowest BCUT2D eigenvalue weighted by molar-refractivity contribution is -0.117. The fourth-order valence-electron chi connectivity index (χ4n) is 4.21. The largest absolute Gasteiger partial charge is 0.374 e. The first-order valence-electron chi connectivity index (χ1n) is 11.6. The molecule has 1 aliphatic heterocycles. The van der Waals surface area contributed by atoms with Crippen molar-refractivity contribution < 1.29 is 27.5 Å². The van der Waals surface area contributed by atoms with Gasteiger partial charge in [-0.3, -0.25) is 23.9 Å². The van der Waals surface area contributed by atoms with Crippen LogP contribution in [0.3, 0.4) is 0 Å². The van der Waals surface area contributed by atoms with Gasteiger partial charge < -0.3 is 15.4 Å². The highest BCUT2D eigenvalue weighted by Crippen LogP contribution is 2.24. The molecule has 1 aliphatic rings. The molecule has 2 N–H and O–H groups in total. The van der Waals surface area contributed by atoms with Crippen molar-refractivity contribution in [2.24, 2.45) is 0 Å². The predicted molar refractivity (Wildman–Crippen MR) is 138 cm³/mol. The molecule has 1 fully saturated rings. The number of nitrogens with one attached hydrogen (secondary N) is 2. The average molecular weight is 569 g/mol. The molecule has 13 heteroatoms. The number of thiophene rings is 1. The molecule has 0 aliphatic carbocycles. The topological polar surface area (TPSA) is 92.7 Å². The van der Waals surface area contributed by atoms with E-state index < -0.39 is 30.8 Å². The zero-order chi connectivity index (χ0) is 27.2. The van der Waals surface area contributed by atoms with Crippen molar-refractivity contribution in [2.45, 2.75) is 24.9 Å². The summed E-state index contributed by atoms with van der Waals surface area (Å²) in [6, 6.07) is 11.0. The van der Waals surface area contributed by atoms with Crippen molar-refractivity contribution in [3.8, 4) is 5.69 Å². The number of hydrogen-bond acceptors (Lipinski definition) is 6. The summed E-state index contributed by atoms with van der Waals surface area (Å²) >= 11 is 7.02. The van der Waals surface area contributed by atoms with Crippen LogP contribution in [0.15, 0.2) is 59.5 Å². The normalized spacial score (nSPS) is 17.6. The van der Waals surface area contributed by atoms with Gasteiger partial charge in [-0.2, -0.15) is 0 Å². The van der Waals surface area contributed by atoms with Crippen molar-refractivity contribution in [3.63, 3.8) is 0 Å². The molecule has 3 aromatic rings. The summed E-state index contributed by atoms with van der Waals surface area (Å²) in [4.78, 5) is 39.4. The van der Waals surface area contributed by atoms with E-state index in [1.807, 2.05) is 0 Å². The van der Waals surface area contributed by atoms with Gasteiger partial charge in [0.05, 0.1) is 33.7 Å². The summed E-state index contributed by atoms with van der Waals surface area (Å²) in [5.74, 6) is -1.60.